The molecule has 1 amide bonds. The minimum absolute atomic E-state index is 0.114. The summed E-state index contributed by atoms with van der Waals surface area (Å²) in [5, 5.41) is 2.56. The number of amides is 1. The van der Waals surface area contributed by atoms with Crippen LogP contribution in [0.5, 0.6) is 17.2 Å². The maximum Gasteiger partial charge on any atom is 0.260 e. The van der Waals surface area contributed by atoms with Crippen LogP contribution in [0.1, 0.15) is 15.9 Å². The monoisotopic (exact) mass is 474 g/mol. The number of methoxy groups -OCH3 is 3. The Balaban J connectivity index is 1.67. The summed E-state index contributed by atoms with van der Waals surface area (Å²) in [7, 11) is 4.85. The molecule has 0 atom stereocenters. The molecule has 0 aliphatic carbocycles. The maximum absolute atomic E-state index is 13.5. The minimum atomic E-state index is -0.114. The number of carbonyl (C=O) groups excluding carboxylic acids is 1. The second-order valence-corrected chi connectivity index (χ2v) is 8.34. The Labute approximate surface area is 203 Å². The van der Waals surface area contributed by atoms with Crippen molar-refractivity contribution < 1.29 is 19.0 Å². The molecular formula is C27H26N2O4S. The molecule has 0 aliphatic heterocycles. The molecule has 6 nitrogen and oxygen atoms in total. The molecule has 4 aromatic rings. The lowest BCUT2D eigenvalue weighted by Gasteiger charge is -2.20. The highest BCUT2D eigenvalue weighted by atomic mass is 32.1. The first-order valence-corrected chi connectivity index (χ1v) is 11.7. The van der Waals surface area contributed by atoms with Gasteiger partial charge in [0, 0.05) is 23.1 Å². The summed E-state index contributed by atoms with van der Waals surface area (Å²) in [5.41, 5.74) is 3.26. The van der Waals surface area contributed by atoms with Gasteiger partial charge in [-0.25, -0.2) is 4.98 Å². The van der Waals surface area contributed by atoms with Gasteiger partial charge < -0.3 is 14.2 Å². The quantitative estimate of drug-likeness (QED) is 0.310. The second-order valence-electron chi connectivity index (χ2n) is 7.50. The summed E-state index contributed by atoms with van der Waals surface area (Å²) in [6.07, 6.45) is 0.708. The van der Waals surface area contributed by atoms with Gasteiger partial charge in [-0.2, -0.15) is 0 Å². The van der Waals surface area contributed by atoms with Crippen molar-refractivity contribution in [2.24, 2.45) is 0 Å². The number of hydrogen-bond acceptors (Lipinski definition) is 6. The molecule has 3 aromatic carbocycles. The maximum atomic E-state index is 13.5. The molecule has 0 saturated heterocycles. The van der Waals surface area contributed by atoms with Gasteiger partial charge in [-0.3, -0.25) is 9.69 Å². The smallest absolute Gasteiger partial charge is 0.260 e. The van der Waals surface area contributed by atoms with Crippen LogP contribution in [0.25, 0.3) is 11.3 Å². The molecule has 0 fully saturated rings. The van der Waals surface area contributed by atoms with Crippen molar-refractivity contribution in [3.8, 4) is 28.5 Å². The average Bonchev–Trinajstić information content (AvgIpc) is 3.38. The number of carbonyl (C=O) groups is 1. The van der Waals surface area contributed by atoms with E-state index in [4.69, 9.17) is 19.2 Å². The van der Waals surface area contributed by atoms with E-state index in [2.05, 4.69) is 12.1 Å². The van der Waals surface area contributed by atoms with Crippen LogP contribution >= 0.6 is 11.3 Å². The third kappa shape index (κ3) is 5.21. The summed E-state index contributed by atoms with van der Waals surface area (Å²) < 4.78 is 16.1. The summed E-state index contributed by atoms with van der Waals surface area (Å²) in [6.45, 7) is 0.497. The van der Waals surface area contributed by atoms with E-state index in [1.807, 2.05) is 41.8 Å². The third-order valence-corrected chi connectivity index (χ3v) is 6.32. The fraction of sp³-hybridized carbons (Fsp3) is 0.185. The molecule has 0 bridgehead atoms. The van der Waals surface area contributed by atoms with Gasteiger partial charge in [0.2, 0.25) is 0 Å². The highest BCUT2D eigenvalue weighted by molar-refractivity contribution is 7.14. The lowest BCUT2D eigenvalue weighted by Crippen LogP contribution is -2.32. The number of nitrogens with zero attached hydrogens (tertiary/aromatic N) is 2. The average molecular weight is 475 g/mol. The summed E-state index contributed by atoms with van der Waals surface area (Å²) >= 11 is 1.42. The van der Waals surface area contributed by atoms with E-state index in [1.165, 1.54) is 11.3 Å². The first kappa shape index (κ1) is 23.3. The van der Waals surface area contributed by atoms with Crippen LogP contribution in [-0.2, 0) is 6.42 Å². The molecule has 4 rings (SSSR count). The predicted octanol–water partition coefficient (Wildman–Crippen LogP) is 5.73. The molecule has 0 saturated carbocycles. The van der Waals surface area contributed by atoms with E-state index < -0.39 is 0 Å². The first-order valence-electron chi connectivity index (χ1n) is 10.8. The number of aromatic nitrogens is 1. The van der Waals surface area contributed by atoms with Crippen molar-refractivity contribution in [3.63, 3.8) is 0 Å². The van der Waals surface area contributed by atoms with Gasteiger partial charge >= 0.3 is 0 Å². The van der Waals surface area contributed by atoms with Gasteiger partial charge in [-0.1, -0.05) is 30.3 Å². The summed E-state index contributed by atoms with van der Waals surface area (Å²) in [5.74, 6) is 1.99. The Morgan fingerprint density at radius 3 is 2.26 bits per heavy atom. The van der Waals surface area contributed by atoms with E-state index in [0.717, 1.165) is 16.8 Å². The third-order valence-electron chi connectivity index (χ3n) is 5.45. The summed E-state index contributed by atoms with van der Waals surface area (Å²) in [4.78, 5) is 20.1. The molecule has 7 heteroatoms. The number of anilines is 1. The molecule has 0 N–H and O–H groups in total. The number of benzene rings is 3. The van der Waals surface area contributed by atoms with E-state index in [0.29, 0.717) is 40.9 Å². The number of hydrogen-bond donors (Lipinski definition) is 0. The van der Waals surface area contributed by atoms with Crippen LogP contribution in [0.15, 0.2) is 78.2 Å². The molecule has 0 spiro atoms. The van der Waals surface area contributed by atoms with E-state index in [9.17, 15) is 4.79 Å². The Hall–Kier alpha value is -3.84. The van der Waals surface area contributed by atoms with Crippen molar-refractivity contribution >= 4 is 22.4 Å². The second kappa shape index (κ2) is 10.9. The zero-order valence-electron chi connectivity index (χ0n) is 19.4. The highest BCUT2D eigenvalue weighted by Gasteiger charge is 2.22. The molecule has 0 aliphatic rings. The normalized spacial score (nSPS) is 10.6. The van der Waals surface area contributed by atoms with Crippen LogP contribution in [-0.4, -0.2) is 38.8 Å². The Morgan fingerprint density at radius 2 is 1.59 bits per heavy atom. The van der Waals surface area contributed by atoms with Gasteiger partial charge in [0.05, 0.1) is 27.0 Å². The van der Waals surface area contributed by atoms with Gasteiger partial charge in [0.25, 0.3) is 5.91 Å². The number of ether oxygens (including phenoxy) is 3. The predicted molar refractivity (Wildman–Crippen MR) is 135 cm³/mol. The van der Waals surface area contributed by atoms with Gasteiger partial charge in [0.15, 0.2) is 5.13 Å². The Bertz CT molecular complexity index is 1240. The topological polar surface area (TPSA) is 60.9 Å². The summed E-state index contributed by atoms with van der Waals surface area (Å²) in [6, 6.07) is 22.8. The molecular weight excluding hydrogens is 448 g/mol. The number of rotatable bonds is 9. The Morgan fingerprint density at radius 1 is 0.882 bits per heavy atom. The minimum Gasteiger partial charge on any atom is -0.497 e. The molecule has 174 valence electrons. The molecule has 34 heavy (non-hydrogen) atoms. The molecule has 0 radical (unpaired) electrons. The zero-order valence-corrected chi connectivity index (χ0v) is 20.2. The van der Waals surface area contributed by atoms with Crippen LogP contribution < -0.4 is 19.1 Å². The van der Waals surface area contributed by atoms with E-state index in [-0.39, 0.29) is 5.91 Å². The van der Waals surface area contributed by atoms with Gasteiger partial charge in [0.1, 0.15) is 17.2 Å². The van der Waals surface area contributed by atoms with Crippen LogP contribution in [0.3, 0.4) is 0 Å². The molecule has 1 aromatic heterocycles. The molecule has 0 unspecified atom stereocenters. The van der Waals surface area contributed by atoms with Crippen molar-refractivity contribution in [1.82, 2.24) is 4.98 Å². The lowest BCUT2D eigenvalue weighted by atomic mass is 10.1. The zero-order chi connectivity index (χ0) is 23.9. The first-order chi connectivity index (χ1) is 16.6. The van der Waals surface area contributed by atoms with Crippen molar-refractivity contribution in [1.29, 1.82) is 0 Å². The highest BCUT2D eigenvalue weighted by Crippen LogP contribution is 2.36. The van der Waals surface area contributed by atoms with Gasteiger partial charge in [-0.05, 0) is 54.4 Å². The fourth-order valence-corrected chi connectivity index (χ4v) is 4.43. The number of thiazole rings is 1. The standard InChI is InChI=1S/C27H26N2O4S/c1-31-21-11-9-20(10-12-21)26(30)29(16-15-19-7-5-4-6-8-19)27-28-24(18-34-27)23-17-22(32-2)13-14-25(23)33-3/h4-14,17-18H,15-16H2,1-3H3. The largest absolute Gasteiger partial charge is 0.497 e. The van der Waals surface area contributed by atoms with Crippen molar-refractivity contribution in [2.75, 3.05) is 32.8 Å². The van der Waals surface area contributed by atoms with E-state index in [1.54, 1.807) is 50.5 Å². The SMILES string of the molecule is COc1ccc(C(=O)N(CCc2ccccc2)c2nc(-c3cc(OC)ccc3OC)cs2)cc1. The fourth-order valence-electron chi connectivity index (χ4n) is 3.59. The van der Waals surface area contributed by atoms with Crippen molar-refractivity contribution in [2.45, 2.75) is 6.42 Å². The van der Waals surface area contributed by atoms with E-state index >= 15 is 0 Å². The van der Waals surface area contributed by atoms with Crippen molar-refractivity contribution in [3.05, 3.63) is 89.3 Å². The van der Waals surface area contributed by atoms with Crippen LogP contribution in [0.4, 0.5) is 5.13 Å². The van der Waals surface area contributed by atoms with Gasteiger partial charge in [-0.15, -0.1) is 11.3 Å². The van der Waals surface area contributed by atoms with Crippen LogP contribution in [0.2, 0.25) is 0 Å². The van der Waals surface area contributed by atoms with Crippen LogP contribution in [0, 0.1) is 0 Å². The lowest BCUT2D eigenvalue weighted by molar-refractivity contribution is 0.0987. The Kier molecular flexibility index (Phi) is 7.44. The molecule has 1 heterocycles.